The highest BCUT2D eigenvalue weighted by Gasteiger charge is 2.22. The second kappa shape index (κ2) is 7.19. The van der Waals surface area contributed by atoms with E-state index < -0.39 is 23.1 Å². The van der Waals surface area contributed by atoms with Gasteiger partial charge in [0.1, 0.15) is 22.9 Å². The summed E-state index contributed by atoms with van der Waals surface area (Å²) in [5.41, 5.74) is 1.60. The van der Waals surface area contributed by atoms with E-state index in [2.05, 4.69) is 11.4 Å². The molecule has 2 aromatic carbocycles. The van der Waals surface area contributed by atoms with E-state index in [1.165, 1.54) is 6.07 Å². The van der Waals surface area contributed by atoms with Crippen molar-refractivity contribution < 1.29 is 18.3 Å². The number of hydrogen-bond donors (Lipinski definition) is 1. The summed E-state index contributed by atoms with van der Waals surface area (Å²) in [4.78, 5) is 14.2. The Kier molecular flexibility index (Phi) is 4.99. The summed E-state index contributed by atoms with van der Waals surface area (Å²) in [6.07, 6.45) is 0.857. The first-order valence-electron chi connectivity index (χ1n) is 8.11. The van der Waals surface area contributed by atoms with E-state index in [0.29, 0.717) is 6.61 Å². The Morgan fingerprint density at radius 2 is 1.96 bits per heavy atom. The van der Waals surface area contributed by atoms with Crippen LogP contribution in [0.25, 0.3) is 0 Å². The molecule has 0 bridgehead atoms. The number of halogens is 2. The maximum absolute atomic E-state index is 13.7. The van der Waals surface area contributed by atoms with E-state index in [1.807, 2.05) is 31.1 Å². The summed E-state index contributed by atoms with van der Waals surface area (Å²) < 4.78 is 33.0. The normalized spacial score (nSPS) is 14.1. The lowest BCUT2D eigenvalue weighted by Crippen LogP contribution is -2.35. The molecule has 1 N–H and O–H groups in total. The van der Waals surface area contributed by atoms with Crippen LogP contribution in [-0.4, -0.2) is 38.1 Å². The van der Waals surface area contributed by atoms with Crippen LogP contribution in [0.4, 0.5) is 8.78 Å². The van der Waals surface area contributed by atoms with Crippen LogP contribution in [0.1, 0.15) is 27.5 Å². The van der Waals surface area contributed by atoms with Gasteiger partial charge in [-0.05, 0) is 43.4 Å². The van der Waals surface area contributed by atoms with E-state index in [4.69, 9.17) is 4.74 Å². The van der Waals surface area contributed by atoms with Gasteiger partial charge in [-0.2, -0.15) is 0 Å². The number of benzene rings is 2. The zero-order chi connectivity index (χ0) is 18.0. The van der Waals surface area contributed by atoms with Gasteiger partial charge in [-0.15, -0.1) is 0 Å². The number of hydrogen-bond acceptors (Lipinski definition) is 3. The van der Waals surface area contributed by atoms with Gasteiger partial charge >= 0.3 is 0 Å². The molecule has 1 aliphatic heterocycles. The molecule has 0 spiro atoms. The molecule has 2 aromatic rings. The lowest BCUT2D eigenvalue weighted by atomic mass is 10.0. The SMILES string of the molecule is CN(C)[C@H](CNC(=O)c1c(F)cccc1F)c1ccc2c(c1)CCO2. The maximum atomic E-state index is 13.7. The summed E-state index contributed by atoms with van der Waals surface area (Å²) in [5, 5.41) is 2.64. The molecule has 132 valence electrons. The smallest absolute Gasteiger partial charge is 0.257 e. The monoisotopic (exact) mass is 346 g/mol. The number of rotatable bonds is 5. The average Bonchev–Trinajstić information content (AvgIpc) is 3.02. The number of fused-ring (bicyclic) bond motifs is 1. The number of carbonyl (C=O) groups excluding carboxylic acids is 1. The Balaban J connectivity index is 1.76. The van der Waals surface area contributed by atoms with Crippen molar-refractivity contribution in [3.8, 4) is 5.75 Å². The summed E-state index contributed by atoms with van der Waals surface area (Å²) in [6.45, 7) is 0.911. The molecule has 0 saturated carbocycles. The largest absolute Gasteiger partial charge is 0.493 e. The summed E-state index contributed by atoms with van der Waals surface area (Å²) >= 11 is 0. The molecule has 6 heteroatoms. The molecule has 0 radical (unpaired) electrons. The first-order valence-corrected chi connectivity index (χ1v) is 8.11. The Hall–Kier alpha value is -2.47. The molecule has 0 aromatic heterocycles. The van der Waals surface area contributed by atoms with Crippen LogP contribution in [0.3, 0.4) is 0 Å². The van der Waals surface area contributed by atoms with Crippen LogP contribution in [0.15, 0.2) is 36.4 Å². The van der Waals surface area contributed by atoms with Gasteiger partial charge in [0.2, 0.25) is 0 Å². The fourth-order valence-corrected chi connectivity index (χ4v) is 3.00. The van der Waals surface area contributed by atoms with Crippen molar-refractivity contribution >= 4 is 5.91 Å². The molecule has 0 saturated heterocycles. The molecule has 4 nitrogen and oxygen atoms in total. The first kappa shape index (κ1) is 17.4. The lowest BCUT2D eigenvalue weighted by molar-refractivity contribution is 0.0933. The van der Waals surface area contributed by atoms with E-state index in [9.17, 15) is 13.6 Å². The van der Waals surface area contributed by atoms with Crippen molar-refractivity contribution in [2.75, 3.05) is 27.2 Å². The van der Waals surface area contributed by atoms with Crippen molar-refractivity contribution in [3.05, 3.63) is 64.7 Å². The fourth-order valence-electron chi connectivity index (χ4n) is 3.00. The Morgan fingerprint density at radius 3 is 2.64 bits per heavy atom. The van der Waals surface area contributed by atoms with E-state index >= 15 is 0 Å². The van der Waals surface area contributed by atoms with Crippen molar-refractivity contribution in [2.45, 2.75) is 12.5 Å². The quantitative estimate of drug-likeness (QED) is 0.905. The molecular weight excluding hydrogens is 326 g/mol. The number of nitrogens with one attached hydrogen (secondary N) is 1. The zero-order valence-electron chi connectivity index (χ0n) is 14.2. The second-order valence-corrected chi connectivity index (χ2v) is 6.25. The average molecular weight is 346 g/mol. The minimum Gasteiger partial charge on any atom is -0.493 e. The zero-order valence-corrected chi connectivity index (χ0v) is 14.2. The fraction of sp³-hybridized carbons (Fsp3) is 0.316. The van der Waals surface area contributed by atoms with Gasteiger partial charge < -0.3 is 15.0 Å². The molecule has 3 rings (SSSR count). The summed E-state index contributed by atoms with van der Waals surface area (Å²) in [7, 11) is 3.79. The molecule has 25 heavy (non-hydrogen) atoms. The third-order valence-corrected chi connectivity index (χ3v) is 4.37. The van der Waals surface area contributed by atoms with Gasteiger partial charge in [-0.3, -0.25) is 4.79 Å². The summed E-state index contributed by atoms with van der Waals surface area (Å²) in [6, 6.07) is 9.19. The van der Waals surface area contributed by atoms with Crippen LogP contribution < -0.4 is 10.1 Å². The van der Waals surface area contributed by atoms with Crippen LogP contribution in [0.5, 0.6) is 5.75 Å². The molecule has 1 aliphatic rings. The minimum atomic E-state index is -0.867. The minimum absolute atomic E-state index is 0.121. The molecule has 1 atom stereocenters. The molecule has 0 fully saturated rings. The highest BCUT2D eigenvalue weighted by molar-refractivity contribution is 5.94. The maximum Gasteiger partial charge on any atom is 0.257 e. The Labute approximate surface area is 145 Å². The van der Waals surface area contributed by atoms with E-state index in [0.717, 1.165) is 35.4 Å². The van der Waals surface area contributed by atoms with E-state index in [1.54, 1.807) is 0 Å². The standard InChI is InChI=1S/C19H20F2N2O2/c1-23(2)16(12-6-7-17-13(10-12)8-9-25-17)11-22-19(24)18-14(20)4-3-5-15(18)21/h3-7,10,16H,8-9,11H2,1-2H3,(H,22,24)/t16-/m1/s1. The van der Waals surface area contributed by atoms with Gasteiger partial charge in [-0.1, -0.05) is 18.2 Å². The van der Waals surface area contributed by atoms with Crippen LogP contribution in [0.2, 0.25) is 0 Å². The highest BCUT2D eigenvalue weighted by atomic mass is 19.1. The molecular formula is C19H20F2N2O2. The predicted molar refractivity (Wildman–Crippen MR) is 90.8 cm³/mol. The number of carbonyl (C=O) groups is 1. The second-order valence-electron chi connectivity index (χ2n) is 6.25. The Morgan fingerprint density at radius 1 is 1.24 bits per heavy atom. The molecule has 1 amide bonds. The summed E-state index contributed by atoms with van der Waals surface area (Å²) in [5.74, 6) is -1.60. The third kappa shape index (κ3) is 3.64. The lowest BCUT2D eigenvalue weighted by Gasteiger charge is -2.25. The van der Waals surface area contributed by atoms with Crippen LogP contribution in [-0.2, 0) is 6.42 Å². The first-order chi connectivity index (χ1) is 12.0. The predicted octanol–water partition coefficient (Wildman–Crippen LogP) is 2.93. The van der Waals surface area contributed by atoms with Gasteiger partial charge in [0.05, 0.1) is 12.6 Å². The van der Waals surface area contributed by atoms with Crippen molar-refractivity contribution in [2.24, 2.45) is 0 Å². The van der Waals surface area contributed by atoms with Crippen LogP contribution >= 0.6 is 0 Å². The number of likely N-dealkylation sites (N-methyl/N-ethyl adjacent to an activating group) is 1. The Bertz CT molecular complexity index is 773. The molecule has 1 heterocycles. The van der Waals surface area contributed by atoms with Gasteiger partial charge in [0.15, 0.2) is 0 Å². The van der Waals surface area contributed by atoms with E-state index in [-0.39, 0.29) is 12.6 Å². The number of amides is 1. The van der Waals surface area contributed by atoms with Crippen molar-refractivity contribution in [1.82, 2.24) is 10.2 Å². The molecule has 0 unspecified atom stereocenters. The number of ether oxygens (including phenoxy) is 1. The van der Waals surface area contributed by atoms with Crippen molar-refractivity contribution in [1.29, 1.82) is 0 Å². The van der Waals surface area contributed by atoms with Gasteiger partial charge in [-0.25, -0.2) is 8.78 Å². The van der Waals surface area contributed by atoms with Crippen LogP contribution in [0, 0.1) is 11.6 Å². The van der Waals surface area contributed by atoms with Gasteiger partial charge in [0, 0.05) is 13.0 Å². The number of nitrogens with zero attached hydrogens (tertiary/aromatic N) is 1. The third-order valence-electron chi connectivity index (χ3n) is 4.37. The van der Waals surface area contributed by atoms with Gasteiger partial charge in [0.25, 0.3) is 5.91 Å². The highest BCUT2D eigenvalue weighted by Crippen LogP contribution is 2.29. The van der Waals surface area contributed by atoms with Crippen molar-refractivity contribution in [3.63, 3.8) is 0 Å². The molecule has 0 aliphatic carbocycles. The topological polar surface area (TPSA) is 41.6 Å².